The number of aryl methyl sites for hydroxylation is 1. The Labute approximate surface area is 126 Å². The number of anilines is 1. The van der Waals surface area contributed by atoms with Gasteiger partial charge >= 0.3 is 0 Å². The summed E-state index contributed by atoms with van der Waals surface area (Å²) >= 11 is 0. The minimum Gasteiger partial charge on any atom is -0.396 e. The van der Waals surface area contributed by atoms with Gasteiger partial charge in [-0.25, -0.2) is 0 Å². The van der Waals surface area contributed by atoms with E-state index in [2.05, 4.69) is 11.4 Å². The van der Waals surface area contributed by atoms with Gasteiger partial charge in [0, 0.05) is 25.7 Å². The van der Waals surface area contributed by atoms with E-state index in [4.69, 9.17) is 5.11 Å². The van der Waals surface area contributed by atoms with Crippen molar-refractivity contribution in [2.75, 3.05) is 25.0 Å². The molecule has 1 aliphatic carbocycles. The number of para-hydroxylation sites is 1. The number of amides is 1. The molecule has 0 unspecified atom stereocenters. The molecule has 0 bridgehead atoms. The Morgan fingerprint density at radius 3 is 2.90 bits per heavy atom. The van der Waals surface area contributed by atoms with Crippen LogP contribution in [-0.4, -0.2) is 41.7 Å². The second-order valence-electron chi connectivity index (χ2n) is 6.03. The second-order valence-corrected chi connectivity index (χ2v) is 6.03. The van der Waals surface area contributed by atoms with Crippen molar-refractivity contribution in [1.29, 1.82) is 0 Å². The summed E-state index contributed by atoms with van der Waals surface area (Å²) in [7, 11) is 0. The molecule has 4 nitrogen and oxygen atoms in total. The van der Waals surface area contributed by atoms with E-state index >= 15 is 0 Å². The highest BCUT2D eigenvalue weighted by molar-refractivity contribution is 6.00. The van der Waals surface area contributed by atoms with E-state index in [1.807, 2.05) is 17.0 Å². The topological polar surface area (TPSA) is 52.6 Å². The summed E-state index contributed by atoms with van der Waals surface area (Å²) in [5, 5.41) is 12.5. The summed E-state index contributed by atoms with van der Waals surface area (Å²) < 4.78 is 0. The summed E-state index contributed by atoms with van der Waals surface area (Å²) in [5.74, 6) is 0.124. The number of nitrogens with one attached hydrogen (secondary N) is 1. The van der Waals surface area contributed by atoms with Crippen molar-refractivity contribution in [2.45, 2.75) is 44.6 Å². The predicted molar refractivity (Wildman–Crippen MR) is 83.6 cm³/mol. The molecule has 1 saturated carbocycles. The van der Waals surface area contributed by atoms with Crippen LogP contribution in [0.15, 0.2) is 18.2 Å². The lowest BCUT2D eigenvalue weighted by molar-refractivity contribution is 0.0563. The highest BCUT2D eigenvalue weighted by Gasteiger charge is 2.30. The first-order chi connectivity index (χ1) is 10.3. The number of fused-ring (bicyclic) bond motifs is 1. The van der Waals surface area contributed by atoms with Gasteiger partial charge in [-0.05, 0) is 50.2 Å². The van der Waals surface area contributed by atoms with Gasteiger partial charge in [0.1, 0.15) is 0 Å². The van der Waals surface area contributed by atoms with Crippen LogP contribution in [0.5, 0.6) is 0 Å². The van der Waals surface area contributed by atoms with Crippen LogP contribution in [0.2, 0.25) is 0 Å². The van der Waals surface area contributed by atoms with E-state index in [-0.39, 0.29) is 12.5 Å². The summed E-state index contributed by atoms with van der Waals surface area (Å²) in [6.45, 7) is 1.74. The molecule has 0 atom stereocenters. The third-order valence-corrected chi connectivity index (χ3v) is 4.64. The molecule has 1 aromatic rings. The second kappa shape index (κ2) is 6.48. The zero-order chi connectivity index (χ0) is 14.7. The van der Waals surface area contributed by atoms with E-state index in [1.54, 1.807) is 0 Å². The molecule has 2 aliphatic rings. The molecule has 1 aromatic carbocycles. The van der Waals surface area contributed by atoms with Crippen molar-refractivity contribution in [1.82, 2.24) is 4.90 Å². The number of carbonyl (C=O) groups is 1. The average molecular weight is 288 g/mol. The average Bonchev–Trinajstić information content (AvgIpc) is 2.48. The van der Waals surface area contributed by atoms with E-state index in [0.717, 1.165) is 43.5 Å². The fourth-order valence-electron chi connectivity index (χ4n) is 3.23. The van der Waals surface area contributed by atoms with Crippen molar-refractivity contribution in [3.8, 4) is 0 Å². The molecule has 1 heterocycles. The van der Waals surface area contributed by atoms with Gasteiger partial charge in [-0.2, -0.15) is 0 Å². The van der Waals surface area contributed by atoms with E-state index in [1.165, 1.54) is 12.0 Å². The molecule has 0 aromatic heterocycles. The van der Waals surface area contributed by atoms with Gasteiger partial charge in [-0.15, -0.1) is 0 Å². The lowest BCUT2D eigenvalue weighted by Gasteiger charge is -2.38. The third kappa shape index (κ3) is 2.91. The fraction of sp³-hybridized carbons (Fsp3) is 0.588. The first kappa shape index (κ1) is 14.4. The molecule has 0 spiro atoms. The zero-order valence-corrected chi connectivity index (χ0v) is 12.5. The molecule has 4 heteroatoms. The Bertz CT molecular complexity index is 512. The molecule has 114 valence electrons. The Balaban J connectivity index is 1.85. The van der Waals surface area contributed by atoms with E-state index in [0.29, 0.717) is 19.0 Å². The monoisotopic (exact) mass is 288 g/mol. The van der Waals surface area contributed by atoms with Crippen molar-refractivity contribution in [3.05, 3.63) is 29.3 Å². The molecule has 1 amide bonds. The first-order valence-corrected chi connectivity index (χ1v) is 8.09. The van der Waals surface area contributed by atoms with Crippen LogP contribution >= 0.6 is 0 Å². The van der Waals surface area contributed by atoms with Gasteiger partial charge in [-0.3, -0.25) is 4.79 Å². The number of aliphatic hydroxyl groups excluding tert-OH is 1. The van der Waals surface area contributed by atoms with Crippen LogP contribution in [0.1, 0.15) is 48.0 Å². The van der Waals surface area contributed by atoms with Gasteiger partial charge in [0.05, 0.1) is 11.3 Å². The number of hydrogen-bond acceptors (Lipinski definition) is 3. The van der Waals surface area contributed by atoms with Gasteiger partial charge in [-0.1, -0.05) is 12.1 Å². The Kier molecular flexibility index (Phi) is 4.44. The smallest absolute Gasteiger partial charge is 0.256 e. The predicted octanol–water partition coefficient (Wildman–Crippen LogP) is 2.42. The maximum atomic E-state index is 13.0. The number of carbonyl (C=O) groups excluding carboxylic acids is 1. The van der Waals surface area contributed by atoms with Crippen LogP contribution in [0.4, 0.5) is 5.69 Å². The minimum atomic E-state index is 0.124. The molecule has 0 saturated heterocycles. The van der Waals surface area contributed by atoms with Crippen molar-refractivity contribution in [2.24, 2.45) is 0 Å². The zero-order valence-electron chi connectivity index (χ0n) is 12.5. The maximum Gasteiger partial charge on any atom is 0.256 e. The standard InChI is InChI=1S/C17H24N2O2/c20-12-4-11-19(14-7-2-8-14)17(21)15-9-1-5-13-6-3-10-18-16(13)15/h1,5,9,14,18,20H,2-4,6-8,10-12H2. The van der Waals surface area contributed by atoms with Crippen LogP contribution < -0.4 is 5.32 Å². The van der Waals surface area contributed by atoms with Crippen LogP contribution in [0, 0.1) is 0 Å². The largest absolute Gasteiger partial charge is 0.396 e. The van der Waals surface area contributed by atoms with E-state index in [9.17, 15) is 4.79 Å². The Morgan fingerprint density at radius 1 is 1.33 bits per heavy atom. The van der Waals surface area contributed by atoms with Gasteiger partial charge in [0.15, 0.2) is 0 Å². The summed E-state index contributed by atoms with van der Waals surface area (Å²) in [4.78, 5) is 14.9. The number of nitrogens with zero attached hydrogens (tertiary/aromatic N) is 1. The normalized spacial score (nSPS) is 17.6. The van der Waals surface area contributed by atoms with Crippen LogP contribution in [-0.2, 0) is 6.42 Å². The quantitative estimate of drug-likeness (QED) is 0.875. The molecule has 3 rings (SSSR count). The molecule has 21 heavy (non-hydrogen) atoms. The molecule has 0 radical (unpaired) electrons. The van der Waals surface area contributed by atoms with Crippen molar-refractivity contribution >= 4 is 11.6 Å². The number of rotatable bonds is 5. The number of aliphatic hydroxyl groups is 1. The number of benzene rings is 1. The molecular formula is C17H24N2O2. The molecule has 2 N–H and O–H groups in total. The van der Waals surface area contributed by atoms with E-state index < -0.39 is 0 Å². The first-order valence-electron chi connectivity index (χ1n) is 8.09. The minimum absolute atomic E-state index is 0.124. The maximum absolute atomic E-state index is 13.0. The van der Waals surface area contributed by atoms with Crippen LogP contribution in [0.3, 0.4) is 0 Å². The van der Waals surface area contributed by atoms with Gasteiger partial charge in [0.25, 0.3) is 5.91 Å². The fourth-order valence-corrected chi connectivity index (χ4v) is 3.23. The SMILES string of the molecule is O=C(c1cccc2c1NCCC2)N(CCCO)C1CCC1. The molecular weight excluding hydrogens is 264 g/mol. The summed E-state index contributed by atoms with van der Waals surface area (Å²) in [6, 6.07) is 6.40. The highest BCUT2D eigenvalue weighted by Crippen LogP contribution is 2.31. The van der Waals surface area contributed by atoms with Crippen LogP contribution in [0.25, 0.3) is 0 Å². The van der Waals surface area contributed by atoms with Gasteiger partial charge in [0.2, 0.25) is 0 Å². The lowest BCUT2D eigenvalue weighted by Crippen LogP contribution is -2.45. The summed E-state index contributed by atoms with van der Waals surface area (Å²) in [6.07, 6.45) is 6.23. The lowest BCUT2D eigenvalue weighted by atomic mass is 9.90. The van der Waals surface area contributed by atoms with Gasteiger partial charge < -0.3 is 15.3 Å². The number of hydrogen-bond donors (Lipinski definition) is 2. The molecule has 1 fully saturated rings. The van der Waals surface area contributed by atoms with Crippen molar-refractivity contribution in [3.63, 3.8) is 0 Å². The summed E-state index contributed by atoms with van der Waals surface area (Å²) in [5.41, 5.74) is 3.09. The third-order valence-electron chi connectivity index (χ3n) is 4.64. The Hall–Kier alpha value is -1.55. The molecule has 1 aliphatic heterocycles. The highest BCUT2D eigenvalue weighted by atomic mass is 16.3. The Morgan fingerprint density at radius 2 is 2.19 bits per heavy atom. The van der Waals surface area contributed by atoms with Crippen molar-refractivity contribution < 1.29 is 9.90 Å².